The first-order chi connectivity index (χ1) is 15.7. The molecule has 2 aromatic heterocycles. The Balaban J connectivity index is 1.56. The minimum atomic E-state index is 0.139. The van der Waals surface area contributed by atoms with Gasteiger partial charge in [-0.1, -0.05) is 42.1 Å². The van der Waals surface area contributed by atoms with Crippen LogP contribution >= 0.6 is 11.8 Å². The second-order valence-electron chi connectivity index (χ2n) is 8.40. The summed E-state index contributed by atoms with van der Waals surface area (Å²) in [6.45, 7) is 9.44. The lowest BCUT2D eigenvalue weighted by molar-refractivity contribution is -0.00537. The lowest BCUT2D eigenvalue weighted by atomic mass is 10.2. The molecule has 1 N–H and O–H groups in total. The summed E-state index contributed by atoms with van der Waals surface area (Å²) in [5.41, 5.74) is 2.91. The van der Waals surface area contributed by atoms with Crippen LogP contribution in [0.4, 0.5) is 11.8 Å². The van der Waals surface area contributed by atoms with Gasteiger partial charge in [-0.25, -0.2) is 15.0 Å². The Morgan fingerprint density at radius 2 is 1.72 bits per heavy atom. The molecular formula is C23H29N7OS. The summed E-state index contributed by atoms with van der Waals surface area (Å²) < 4.78 is 5.97. The predicted molar refractivity (Wildman–Crippen MR) is 128 cm³/mol. The van der Waals surface area contributed by atoms with Crippen molar-refractivity contribution in [1.82, 2.24) is 25.3 Å². The third kappa shape index (κ3) is 4.65. The molecule has 0 radical (unpaired) electrons. The van der Waals surface area contributed by atoms with Gasteiger partial charge in [0.05, 0.1) is 12.2 Å². The number of piperazine rings is 1. The topological polar surface area (TPSA) is 79.3 Å². The van der Waals surface area contributed by atoms with Crippen molar-refractivity contribution in [2.24, 2.45) is 0 Å². The maximum absolute atomic E-state index is 5.97. The normalized spacial score (nSPS) is 21.8. The third-order valence-electron chi connectivity index (χ3n) is 5.76. The molecular weight excluding hydrogens is 422 g/mol. The summed E-state index contributed by atoms with van der Waals surface area (Å²) in [5.74, 6) is 2.48. The highest BCUT2D eigenvalue weighted by molar-refractivity contribution is 7.98. The molecule has 2 aliphatic rings. The molecule has 2 atom stereocenters. The molecule has 168 valence electrons. The molecule has 5 rings (SSSR count). The Morgan fingerprint density at radius 1 is 0.969 bits per heavy atom. The number of hydrogen-bond donors (Lipinski definition) is 1. The fourth-order valence-electron chi connectivity index (χ4n) is 4.31. The minimum Gasteiger partial charge on any atom is -0.372 e. The number of ether oxygens (including phenoxy) is 1. The van der Waals surface area contributed by atoms with Crippen LogP contribution in [0.25, 0.3) is 11.0 Å². The van der Waals surface area contributed by atoms with Crippen molar-refractivity contribution in [3.05, 3.63) is 42.2 Å². The summed E-state index contributed by atoms with van der Waals surface area (Å²) in [4.78, 5) is 23.8. The first kappa shape index (κ1) is 21.4. The van der Waals surface area contributed by atoms with Crippen LogP contribution in [-0.2, 0) is 10.5 Å². The van der Waals surface area contributed by atoms with Gasteiger partial charge in [-0.15, -0.1) is 0 Å². The molecule has 0 saturated carbocycles. The van der Waals surface area contributed by atoms with E-state index in [1.165, 1.54) is 5.56 Å². The Kier molecular flexibility index (Phi) is 6.38. The van der Waals surface area contributed by atoms with E-state index in [2.05, 4.69) is 63.2 Å². The van der Waals surface area contributed by atoms with Gasteiger partial charge in [-0.3, -0.25) is 0 Å². The van der Waals surface area contributed by atoms with Crippen molar-refractivity contribution in [3.63, 3.8) is 0 Å². The van der Waals surface area contributed by atoms with Gasteiger partial charge in [0.2, 0.25) is 5.95 Å². The van der Waals surface area contributed by atoms with Crippen molar-refractivity contribution < 1.29 is 4.74 Å². The molecule has 8 nitrogen and oxygen atoms in total. The number of thioether (sulfide) groups is 1. The zero-order chi connectivity index (χ0) is 21.9. The van der Waals surface area contributed by atoms with E-state index < -0.39 is 0 Å². The van der Waals surface area contributed by atoms with Gasteiger partial charge in [-0.05, 0) is 19.4 Å². The largest absolute Gasteiger partial charge is 0.372 e. The highest BCUT2D eigenvalue weighted by Gasteiger charge is 2.27. The van der Waals surface area contributed by atoms with E-state index in [0.717, 1.165) is 72.8 Å². The zero-order valence-electron chi connectivity index (χ0n) is 18.6. The maximum Gasteiger partial charge on any atom is 0.228 e. The van der Waals surface area contributed by atoms with Gasteiger partial charge >= 0.3 is 0 Å². The Bertz CT molecular complexity index is 1050. The van der Waals surface area contributed by atoms with E-state index in [9.17, 15) is 0 Å². The predicted octanol–water partition coefficient (Wildman–Crippen LogP) is 2.74. The molecule has 2 unspecified atom stereocenters. The fourth-order valence-corrected chi connectivity index (χ4v) is 5.21. The van der Waals surface area contributed by atoms with Crippen LogP contribution in [0.2, 0.25) is 0 Å². The molecule has 0 aliphatic carbocycles. The summed E-state index contributed by atoms with van der Waals surface area (Å²) in [5, 5.41) is 4.30. The summed E-state index contributed by atoms with van der Waals surface area (Å²) >= 11 is 1.70. The molecule has 4 heterocycles. The molecule has 0 bridgehead atoms. The van der Waals surface area contributed by atoms with Crippen LogP contribution in [-0.4, -0.2) is 71.4 Å². The van der Waals surface area contributed by atoms with E-state index in [0.29, 0.717) is 0 Å². The molecule has 1 aromatic carbocycles. The van der Waals surface area contributed by atoms with E-state index in [4.69, 9.17) is 14.7 Å². The van der Waals surface area contributed by atoms with E-state index in [-0.39, 0.29) is 12.2 Å². The third-order valence-corrected chi connectivity index (χ3v) is 6.81. The van der Waals surface area contributed by atoms with Gasteiger partial charge in [0, 0.05) is 45.0 Å². The summed E-state index contributed by atoms with van der Waals surface area (Å²) in [7, 11) is 0. The van der Waals surface area contributed by atoms with Crippen LogP contribution in [0.1, 0.15) is 19.4 Å². The Hall–Kier alpha value is -2.49. The second kappa shape index (κ2) is 9.56. The van der Waals surface area contributed by atoms with Crippen LogP contribution in [0.15, 0.2) is 41.7 Å². The summed E-state index contributed by atoms with van der Waals surface area (Å²) in [6.07, 6.45) is 1.92. The smallest absolute Gasteiger partial charge is 0.228 e. The number of aromatic nitrogens is 4. The quantitative estimate of drug-likeness (QED) is 0.465. The fraction of sp³-hybridized carbons (Fsp3) is 0.478. The highest BCUT2D eigenvalue weighted by Crippen LogP contribution is 2.33. The van der Waals surface area contributed by atoms with Gasteiger partial charge in [0.25, 0.3) is 0 Å². The molecule has 32 heavy (non-hydrogen) atoms. The van der Waals surface area contributed by atoms with E-state index >= 15 is 0 Å². The lowest BCUT2D eigenvalue weighted by Gasteiger charge is -2.37. The van der Waals surface area contributed by atoms with Crippen molar-refractivity contribution in [3.8, 4) is 0 Å². The number of fused-ring (bicyclic) bond motifs is 1. The molecule has 2 saturated heterocycles. The second-order valence-corrected chi connectivity index (χ2v) is 9.36. The number of morpholine rings is 1. The number of anilines is 2. The van der Waals surface area contributed by atoms with Gasteiger partial charge in [-0.2, -0.15) is 4.98 Å². The van der Waals surface area contributed by atoms with Crippen LogP contribution in [0, 0.1) is 0 Å². The minimum absolute atomic E-state index is 0.139. The van der Waals surface area contributed by atoms with E-state index in [1.807, 2.05) is 6.07 Å². The first-order valence-corrected chi connectivity index (χ1v) is 12.2. The average molecular weight is 452 g/mol. The number of rotatable bonds is 5. The summed E-state index contributed by atoms with van der Waals surface area (Å²) in [6, 6.07) is 10.5. The molecule has 9 heteroatoms. The SMILES string of the molecule is CC1CN(c2nc(N3CCNCC3)nc3c(SCc4ccccc4)ncnc23)CC(C)O1. The Morgan fingerprint density at radius 3 is 2.47 bits per heavy atom. The molecule has 0 amide bonds. The standard InChI is InChI=1S/C23H29N7OS/c1-16-12-30(13-17(2)31-16)21-19-20(27-23(28-21)29-10-8-24-9-11-29)22(26-15-25-19)32-14-18-6-4-3-5-7-18/h3-7,15-17,24H,8-14H2,1-2H3. The zero-order valence-corrected chi connectivity index (χ0v) is 19.4. The number of benzene rings is 1. The first-order valence-electron chi connectivity index (χ1n) is 11.2. The number of hydrogen-bond acceptors (Lipinski definition) is 9. The van der Waals surface area contributed by atoms with Gasteiger partial charge < -0.3 is 19.9 Å². The highest BCUT2D eigenvalue weighted by atomic mass is 32.2. The lowest BCUT2D eigenvalue weighted by Crippen LogP contribution is -2.47. The monoisotopic (exact) mass is 451 g/mol. The average Bonchev–Trinajstić information content (AvgIpc) is 2.82. The van der Waals surface area contributed by atoms with Gasteiger partial charge in [0.1, 0.15) is 22.4 Å². The number of nitrogens with zero attached hydrogens (tertiary/aromatic N) is 6. The Labute approximate surface area is 192 Å². The van der Waals surface area contributed by atoms with Crippen molar-refractivity contribution in [1.29, 1.82) is 0 Å². The van der Waals surface area contributed by atoms with Crippen molar-refractivity contribution >= 4 is 34.6 Å². The molecule has 2 aliphatic heterocycles. The van der Waals surface area contributed by atoms with Crippen LogP contribution in [0.3, 0.4) is 0 Å². The van der Waals surface area contributed by atoms with E-state index in [1.54, 1.807) is 18.1 Å². The van der Waals surface area contributed by atoms with Crippen molar-refractivity contribution in [2.45, 2.75) is 36.8 Å². The molecule has 2 fully saturated rings. The number of nitrogens with one attached hydrogen (secondary N) is 1. The van der Waals surface area contributed by atoms with Crippen molar-refractivity contribution in [2.75, 3.05) is 49.1 Å². The maximum atomic E-state index is 5.97. The molecule has 0 spiro atoms. The van der Waals surface area contributed by atoms with Crippen LogP contribution in [0.5, 0.6) is 0 Å². The molecule has 3 aromatic rings. The van der Waals surface area contributed by atoms with Gasteiger partial charge in [0.15, 0.2) is 5.82 Å². The van der Waals surface area contributed by atoms with Crippen LogP contribution < -0.4 is 15.1 Å².